The van der Waals surface area contributed by atoms with Crippen LogP contribution in [0.4, 0.5) is 0 Å². The van der Waals surface area contributed by atoms with Crippen LogP contribution in [0.15, 0.2) is 85.1 Å². The van der Waals surface area contributed by atoms with Crippen molar-refractivity contribution in [2.24, 2.45) is 0 Å². The third kappa shape index (κ3) is 51.4. The van der Waals surface area contributed by atoms with Crippen molar-refractivity contribution >= 4 is 17.9 Å². The van der Waals surface area contributed by atoms with Crippen LogP contribution in [0.3, 0.4) is 0 Å². The molecule has 0 fully saturated rings. The molecule has 0 amide bonds. The van der Waals surface area contributed by atoms with Crippen molar-refractivity contribution < 1.29 is 28.6 Å². The zero-order valence-electron chi connectivity index (χ0n) is 42.5. The van der Waals surface area contributed by atoms with Crippen molar-refractivity contribution in [3.63, 3.8) is 0 Å². The lowest BCUT2D eigenvalue weighted by atomic mass is 10.1. The highest BCUT2D eigenvalue weighted by Gasteiger charge is 2.19. The lowest BCUT2D eigenvalue weighted by molar-refractivity contribution is -0.166. The topological polar surface area (TPSA) is 78.9 Å². The van der Waals surface area contributed by atoms with Crippen molar-refractivity contribution in [3.05, 3.63) is 85.1 Å². The van der Waals surface area contributed by atoms with Gasteiger partial charge in [-0.2, -0.15) is 0 Å². The highest BCUT2D eigenvalue weighted by atomic mass is 16.6. The molecular formula is C59H100O6. The number of rotatable bonds is 48. The molecule has 0 heterocycles. The first-order valence-electron chi connectivity index (χ1n) is 27.1. The van der Waals surface area contributed by atoms with E-state index in [4.69, 9.17) is 14.2 Å². The van der Waals surface area contributed by atoms with E-state index in [1.165, 1.54) is 109 Å². The maximum Gasteiger partial charge on any atom is 0.306 e. The summed E-state index contributed by atoms with van der Waals surface area (Å²) in [5, 5.41) is 0. The fourth-order valence-corrected chi connectivity index (χ4v) is 7.30. The van der Waals surface area contributed by atoms with Gasteiger partial charge in [0, 0.05) is 19.3 Å². The van der Waals surface area contributed by atoms with Crippen LogP contribution in [-0.2, 0) is 28.6 Å². The molecule has 0 saturated carbocycles. The highest BCUT2D eigenvalue weighted by Crippen LogP contribution is 2.14. The maximum absolute atomic E-state index is 12.8. The summed E-state index contributed by atoms with van der Waals surface area (Å²) in [6.45, 7) is 6.44. The smallest absolute Gasteiger partial charge is 0.306 e. The predicted molar refractivity (Wildman–Crippen MR) is 279 cm³/mol. The molecule has 65 heavy (non-hydrogen) atoms. The summed E-state index contributed by atoms with van der Waals surface area (Å²) in [6.07, 6.45) is 68.7. The van der Waals surface area contributed by atoms with Gasteiger partial charge in [-0.25, -0.2) is 0 Å². The highest BCUT2D eigenvalue weighted by molar-refractivity contribution is 5.71. The van der Waals surface area contributed by atoms with Crippen LogP contribution in [0, 0.1) is 0 Å². The molecule has 0 aromatic rings. The van der Waals surface area contributed by atoms with Crippen molar-refractivity contribution in [3.8, 4) is 0 Å². The number of ether oxygens (including phenoxy) is 3. The fourth-order valence-electron chi connectivity index (χ4n) is 7.30. The standard InChI is InChI=1S/C59H100O6/c1-4-7-10-13-16-19-22-25-27-29-30-32-34-37-40-43-46-49-52-58(61)64-55-56(54-63-57(60)51-48-45-42-39-36-33-24-21-18-15-12-9-6-3)65-59(62)53-50-47-44-41-38-35-31-28-26-23-20-17-14-11-8-5-2/h8,11,17,20,26,28,30,32-33,35-36,38,44,47,56H,4-7,9-10,12-16,18-19,21-25,27,29,31,34,37,39-43,45-46,48-55H2,1-3H3/b11-8-,20-17-,28-26-,32-30-,36-33-,38-35-,47-44-. The van der Waals surface area contributed by atoms with E-state index in [-0.39, 0.29) is 31.6 Å². The first-order chi connectivity index (χ1) is 32.0. The van der Waals surface area contributed by atoms with Gasteiger partial charge in [0.15, 0.2) is 6.10 Å². The molecule has 0 aliphatic heterocycles. The SMILES string of the molecule is CC/C=C\C/C=C\C/C=C\C/C=C\C/C=C\CCC(=O)OC(COC(=O)CCCCC/C=C\CCCCCCCC)COC(=O)CCCCCCC/C=C\CCCCCCCCCCC. The van der Waals surface area contributed by atoms with Crippen molar-refractivity contribution in [2.45, 2.75) is 258 Å². The Labute approximate surface area is 401 Å². The van der Waals surface area contributed by atoms with Gasteiger partial charge in [-0.1, -0.05) is 215 Å². The van der Waals surface area contributed by atoms with Gasteiger partial charge in [-0.05, 0) is 103 Å². The summed E-state index contributed by atoms with van der Waals surface area (Å²) in [6, 6.07) is 0. The number of carbonyl (C=O) groups is 3. The summed E-state index contributed by atoms with van der Waals surface area (Å²) >= 11 is 0. The number of esters is 3. The minimum absolute atomic E-state index is 0.115. The molecule has 1 unspecified atom stereocenters. The van der Waals surface area contributed by atoms with E-state index < -0.39 is 12.1 Å². The Bertz CT molecular complexity index is 1270. The van der Waals surface area contributed by atoms with E-state index in [0.717, 1.165) is 96.3 Å². The third-order valence-corrected chi connectivity index (χ3v) is 11.4. The average Bonchev–Trinajstić information content (AvgIpc) is 3.30. The maximum atomic E-state index is 12.8. The first-order valence-corrected chi connectivity index (χ1v) is 27.1. The van der Waals surface area contributed by atoms with Crippen LogP contribution in [0.1, 0.15) is 252 Å². The Hall–Kier alpha value is -3.41. The summed E-state index contributed by atoms with van der Waals surface area (Å²) in [5.41, 5.74) is 0. The van der Waals surface area contributed by atoms with Gasteiger partial charge in [-0.15, -0.1) is 0 Å². The van der Waals surface area contributed by atoms with E-state index >= 15 is 0 Å². The van der Waals surface area contributed by atoms with Crippen LogP contribution in [0.2, 0.25) is 0 Å². The molecule has 0 aliphatic carbocycles. The molecule has 0 saturated heterocycles. The van der Waals surface area contributed by atoms with Crippen molar-refractivity contribution in [1.29, 1.82) is 0 Å². The van der Waals surface area contributed by atoms with Crippen molar-refractivity contribution in [1.82, 2.24) is 0 Å². The minimum Gasteiger partial charge on any atom is -0.462 e. The van der Waals surface area contributed by atoms with Gasteiger partial charge < -0.3 is 14.2 Å². The Balaban J connectivity index is 4.50. The second-order valence-corrected chi connectivity index (χ2v) is 17.7. The average molecular weight is 905 g/mol. The predicted octanol–water partition coefficient (Wildman–Crippen LogP) is 18.0. The molecule has 6 heteroatoms. The van der Waals surface area contributed by atoms with Gasteiger partial charge in [0.2, 0.25) is 0 Å². The summed E-state index contributed by atoms with van der Waals surface area (Å²) in [4.78, 5) is 38.0. The number of allylic oxidation sites excluding steroid dienone is 14. The first kappa shape index (κ1) is 61.6. The molecule has 372 valence electrons. The normalized spacial score (nSPS) is 12.7. The lowest BCUT2D eigenvalue weighted by Crippen LogP contribution is -2.30. The Morgan fingerprint density at radius 2 is 0.631 bits per heavy atom. The van der Waals surface area contributed by atoms with E-state index in [0.29, 0.717) is 19.3 Å². The van der Waals surface area contributed by atoms with Gasteiger partial charge in [0.1, 0.15) is 13.2 Å². The molecular weight excluding hydrogens is 805 g/mol. The third-order valence-electron chi connectivity index (χ3n) is 11.4. The van der Waals surface area contributed by atoms with Crippen LogP contribution >= 0.6 is 0 Å². The molecule has 0 aromatic carbocycles. The quantitative estimate of drug-likeness (QED) is 0.0262. The molecule has 1 atom stereocenters. The van der Waals surface area contributed by atoms with Gasteiger partial charge in [0.05, 0.1) is 0 Å². The Kier molecular flexibility index (Phi) is 50.4. The van der Waals surface area contributed by atoms with E-state index in [2.05, 4.69) is 93.7 Å². The summed E-state index contributed by atoms with van der Waals surface area (Å²) in [7, 11) is 0. The van der Waals surface area contributed by atoms with Crippen LogP contribution in [-0.4, -0.2) is 37.2 Å². The number of unbranched alkanes of at least 4 members (excludes halogenated alkanes) is 23. The summed E-state index contributed by atoms with van der Waals surface area (Å²) in [5.74, 6) is -1.02. The Morgan fingerprint density at radius 1 is 0.323 bits per heavy atom. The molecule has 0 rings (SSSR count). The molecule has 0 spiro atoms. The lowest BCUT2D eigenvalue weighted by Gasteiger charge is -2.18. The molecule has 0 aromatic heterocycles. The van der Waals surface area contributed by atoms with Crippen molar-refractivity contribution in [2.75, 3.05) is 13.2 Å². The number of carbonyl (C=O) groups excluding carboxylic acids is 3. The Morgan fingerprint density at radius 3 is 1.02 bits per heavy atom. The van der Waals surface area contributed by atoms with E-state index in [1.54, 1.807) is 0 Å². The van der Waals surface area contributed by atoms with E-state index in [9.17, 15) is 14.4 Å². The number of hydrogen-bond acceptors (Lipinski definition) is 6. The minimum atomic E-state index is -0.825. The number of hydrogen-bond donors (Lipinski definition) is 0. The van der Waals surface area contributed by atoms with Gasteiger partial charge >= 0.3 is 17.9 Å². The van der Waals surface area contributed by atoms with Gasteiger partial charge in [-0.3, -0.25) is 14.4 Å². The van der Waals surface area contributed by atoms with Gasteiger partial charge in [0.25, 0.3) is 0 Å². The van der Waals surface area contributed by atoms with Crippen LogP contribution < -0.4 is 0 Å². The molecule has 6 nitrogen and oxygen atoms in total. The monoisotopic (exact) mass is 905 g/mol. The van der Waals surface area contributed by atoms with Crippen LogP contribution in [0.5, 0.6) is 0 Å². The summed E-state index contributed by atoms with van der Waals surface area (Å²) < 4.78 is 16.7. The van der Waals surface area contributed by atoms with Crippen LogP contribution in [0.25, 0.3) is 0 Å². The molecule has 0 bridgehead atoms. The zero-order chi connectivity index (χ0) is 47.2. The van der Waals surface area contributed by atoms with E-state index in [1.807, 2.05) is 12.2 Å². The zero-order valence-corrected chi connectivity index (χ0v) is 42.5. The molecule has 0 radical (unpaired) electrons. The fraction of sp³-hybridized carbons (Fsp3) is 0.712. The second kappa shape index (κ2) is 53.2. The largest absolute Gasteiger partial charge is 0.462 e. The second-order valence-electron chi connectivity index (χ2n) is 17.7. The molecule has 0 N–H and O–H groups in total. The molecule has 0 aliphatic rings.